The minimum Gasteiger partial charge on any atom is -0.466 e. The quantitative estimate of drug-likeness (QED) is 0.0417. The Kier molecular flexibility index (Phi) is 64.4. The van der Waals surface area contributed by atoms with Crippen molar-refractivity contribution in [2.45, 2.75) is 418 Å². The van der Waals surface area contributed by atoms with Crippen LogP contribution in [-0.2, 0) is 14.3 Å². The Hall–Kier alpha value is -1.14. The monoisotopic (exact) mass is 1060 g/mol. The molecule has 6 heteroatoms. The summed E-state index contributed by atoms with van der Waals surface area (Å²) in [4.78, 5) is 24.6. The maximum Gasteiger partial charge on any atom is 0.305 e. The van der Waals surface area contributed by atoms with E-state index in [9.17, 15) is 19.8 Å². The lowest BCUT2D eigenvalue weighted by Gasteiger charge is -2.22. The van der Waals surface area contributed by atoms with Crippen molar-refractivity contribution in [3.05, 3.63) is 0 Å². The molecule has 0 aliphatic rings. The van der Waals surface area contributed by atoms with E-state index in [-0.39, 0.29) is 18.5 Å². The number of aliphatic hydroxyl groups excluding tert-OH is 2. The van der Waals surface area contributed by atoms with Crippen LogP contribution in [-0.4, -0.2) is 47.4 Å². The molecular weight excluding hydrogens is 923 g/mol. The van der Waals surface area contributed by atoms with Crippen molar-refractivity contribution in [2.24, 2.45) is 0 Å². The van der Waals surface area contributed by atoms with Crippen LogP contribution in [0.25, 0.3) is 0 Å². The molecule has 0 aliphatic heterocycles. The van der Waals surface area contributed by atoms with Crippen LogP contribution < -0.4 is 5.32 Å². The normalized spacial score (nSPS) is 12.4. The van der Waals surface area contributed by atoms with Gasteiger partial charge < -0.3 is 20.3 Å². The summed E-state index contributed by atoms with van der Waals surface area (Å²) in [6.07, 6.45) is 78.5. The summed E-state index contributed by atoms with van der Waals surface area (Å²) >= 11 is 0. The number of aliphatic hydroxyl groups is 2. The number of amides is 1. The maximum atomic E-state index is 12.5. The third kappa shape index (κ3) is 61.9. The van der Waals surface area contributed by atoms with Crippen LogP contribution in [0.2, 0.25) is 0 Å². The van der Waals surface area contributed by atoms with Gasteiger partial charge in [-0.05, 0) is 25.7 Å². The number of hydrogen-bond donors (Lipinski definition) is 3. The minimum absolute atomic E-state index is 0.0157. The van der Waals surface area contributed by atoms with E-state index in [1.54, 1.807) is 0 Å². The van der Waals surface area contributed by atoms with Crippen LogP contribution in [0.4, 0.5) is 0 Å². The van der Waals surface area contributed by atoms with Gasteiger partial charge in [0.05, 0.1) is 25.4 Å². The van der Waals surface area contributed by atoms with Gasteiger partial charge in [-0.1, -0.05) is 367 Å². The fraction of sp³-hybridized carbons (Fsp3) is 0.971. The van der Waals surface area contributed by atoms with Gasteiger partial charge in [-0.25, -0.2) is 0 Å². The average molecular weight is 1060 g/mol. The molecule has 0 aromatic carbocycles. The van der Waals surface area contributed by atoms with Crippen molar-refractivity contribution < 1.29 is 24.5 Å². The molecule has 0 saturated carbocycles. The van der Waals surface area contributed by atoms with Crippen molar-refractivity contribution in [3.63, 3.8) is 0 Å². The fourth-order valence-corrected chi connectivity index (χ4v) is 11.4. The topological polar surface area (TPSA) is 95.9 Å². The van der Waals surface area contributed by atoms with Gasteiger partial charge in [0.1, 0.15) is 0 Å². The second-order valence-corrected chi connectivity index (χ2v) is 24.2. The molecule has 2 unspecified atom stereocenters. The molecule has 1 amide bonds. The molecule has 0 rings (SSSR count). The van der Waals surface area contributed by atoms with Crippen molar-refractivity contribution in [1.82, 2.24) is 5.32 Å². The Morgan fingerprint density at radius 1 is 0.320 bits per heavy atom. The van der Waals surface area contributed by atoms with Gasteiger partial charge in [0.15, 0.2) is 0 Å². The number of esters is 1. The summed E-state index contributed by atoms with van der Waals surface area (Å²) in [6, 6.07) is -0.543. The highest BCUT2D eigenvalue weighted by atomic mass is 16.5. The first-order valence-electron chi connectivity index (χ1n) is 34.8. The van der Waals surface area contributed by atoms with Gasteiger partial charge in [0.25, 0.3) is 0 Å². The first-order chi connectivity index (χ1) is 37.0. The molecule has 3 N–H and O–H groups in total. The molecule has 0 radical (unpaired) electrons. The molecule has 75 heavy (non-hydrogen) atoms. The summed E-state index contributed by atoms with van der Waals surface area (Å²) in [6.45, 7) is 5.00. The van der Waals surface area contributed by atoms with Gasteiger partial charge in [0, 0.05) is 12.8 Å². The average Bonchev–Trinajstić information content (AvgIpc) is 3.41. The van der Waals surface area contributed by atoms with Crippen molar-refractivity contribution >= 4 is 11.9 Å². The van der Waals surface area contributed by atoms with Crippen LogP contribution in [0.15, 0.2) is 0 Å². The molecule has 6 nitrogen and oxygen atoms in total. The van der Waals surface area contributed by atoms with E-state index in [4.69, 9.17) is 4.74 Å². The molecule has 0 heterocycles. The van der Waals surface area contributed by atoms with Crippen LogP contribution in [0, 0.1) is 0 Å². The predicted molar refractivity (Wildman–Crippen MR) is 329 cm³/mol. The number of hydrogen-bond acceptors (Lipinski definition) is 5. The Labute approximate surface area is 470 Å². The largest absolute Gasteiger partial charge is 0.466 e. The van der Waals surface area contributed by atoms with Crippen LogP contribution in [0.3, 0.4) is 0 Å². The van der Waals surface area contributed by atoms with Gasteiger partial charge in [-0.3, -0.25) is 9.59 Å². The standard InChI is InChI=1S/C69H137NO5/c1-3-5-7-9-11-13-15-17-19-21-22-23-24-27-30-33-37-41-45-49-53-57-61-67(72)66(65-71)70-68(73)62-58-54-50-46-42-38-34-31-28-25-26-29-32-36-40-44-48-52-56-60-64-75-69(74)63-59-55-51-47-43-39-35-20-18-16-14-12-10-8-6-4-2/h66-67,71-72H,3-65H2,1-2H3,(H,70,73). The first kappa shape index (κ1) is 73.9. The number of unbranched alkanes of at least 4 members (excludes halogenated alkanes) is 55. The second kappa shape index (κ2) is 65.4. The summed E-state index contributed by atoms with van der Waals surface area (Å²) in [5, 5.41) is 23.4. The molecular formula is C69H137NO5. The number of rotatable bonds is 66. The van der Waals surface area contributed by atoms with Gasteiger partial charge in [0.2, 0.25) is 5.91 Å². The van der Waals surface area contributed by atoms with Crippen LogP contribution in [0.1, 0.15) is 406 Å². The Bertz CT molecular complexity index is 1080. The lowest BCUT2D eigenvalue weighted by molar-refractivity contribution is -0.143. The molecule has 2 atom stereocenters. The van der Waals surface area contributed by atoms with Gasteiger partial charge in [-0.15, -0.1) is 0 Å². The zero-order valence-corrected chi connectivity index (χ0v) is 51.3. The maximum absolute atomic E-state index is 12.5. The Morgan fingerprint density at radius 3 is 0.813 bits per heavy atom. The molecule has 0 aromatic rings. The van der Waals surface area contributed by atoms with E-state index in [2.05, 4.69) is 19.2 Å². The van der Waals surface area contributed by atoms with E-state index in [1.807, 2.05) is 0 Å². The Morgan fingerprint density at radius 2 is 0.547 bits per heavy atom. The van der Waals surface area contributed by atoms with Crippen molar-refractivity contribution in [3.8, 4) is 0 Å². The zero-order valence-electron chi connectivity index (χ0n) is 51.3. The number of carbonyl (C=O) groups is 2. The molecule has 0 bridgehead atoms. The van der Waals surface area contributed by atoms with Crippen LogP contribution in [0.5, 0.6) is 0 Å². The summed E-state index contributed by atoms with van der Waals surface area (Å²) in [7, 11) is 0. The Balaban J connectivity index is 3.37. The predicted octanol–water partition coefficient (Wildman–Crippen LogP) is 22.2. The first-order valence-corrected chi connectivity index (χ1v) is 34.8. The molecule has 0 saturated heterocycles. The second-order valence-electron chi connectivity index (χ2n) is 24.2. The highest BCUT2D eigenvalue weighted by molar-refractivity contribution is 5.76. The van der Waals surface area contributed by atoms with E-state index in [0.717, 1.165) is 38.5 Å². The number of nitrogens with one attached hydrogen (secondary N) is 1. The van der Waals surface area contributed by atoms with Crippen molar-refractivity contribution in [2.75, 3.05) is 13.2 Å². The molecule has 448 valence electrons. The van der Waals surface area contributed by atoms with E-state index >= 15 is 0 Å². The fourth-order valence-electron chi connectivity index (χ4n) is 11.4. The van der Waals surface area contributed by atoms with E-state index < -0.39 is 12.1 Å². The minimum atomic E-state index is -0.666. The third-order valence-corrected chi connectivity index (χ3v) is 16.7. The molecule has 0 aromatic heterocycles. The highest BCUT2D eigenvalue weighted by Gasteiger charge is 2.20. The zero-order chi connectivity index (χ0) is 54.3. The highest BCUT2D eigenvalue weighted by Crippen LogP contribution is 2.19. The molecule has 0 aliphatic carbocycles. The smallest absolute Gasteiger partial charge is 0.305 e. The number of ether oxygens (including phenoxy) is 1. The van der Waals surface area contributed by atoms with Crippen molar-refractivity contribution in [1.29, 1.82) is 0 Å². The van der Waals surface area contributed by atoms with E-state index in [0.29, 0.717) is 25.9 Å². The molecule has 0 spiro atoms. The van der Waals surface area contributed by atoms with Crippen LogP contribution >= 0.6 is 0 Å². The summed E-state index contributed by atoms with van der Waals surface area (Å²) in [5.41, 5.74) is 0. The van der Waals surface area contributed by atoms with Gasteiger partial charge >= 0.3 is 5.97 Å². The third-order valence-electron chi connectivity index (χ3n) is 16.7. The summed E-state index contributed by atoms with van der Waals surface area (Å²) < 4.78 is 5.50. The lowest BCUT2D eigenvalue weighted by atomic mass is 10.0. The van der Waals surface area contributed by atoms with E-state index in [1.165, 1.54) is 334 Å². The number of carbonyl (C=O) groups excluding carboxylic acids is 2. The SMILES string of the molecule is CCCCCCCCCCCCCCCCCCCCCCCCC(O)C(CO)NC(=O)CCCCCCCCCCCCCCCCCCCCCCOC(=O)CCCCCCCCCCCCCCCCCC. The summed E-state index contributed by atoms with van der Waals surface area (Å²) in [5.74, 6) is -0.0155. The lowest BCUT2D eigenvalue weighted by Crippen LogP contribution is -2.45. The van der Waals surface area contributed by atoms with Gasteiger partial charge in [-0.2, -0.15) is 0 Å². The molecule has 0 fully saturated rings.